The molecule has 2 heterocycles. The fraction of sp³-hybridized carbons (Fsp3) is 0.579. The SMILES string of the molecule is CC(C)(C)C1CCc2nc3sc(C(=O)CNCCN)cc3cc2C1. The highest BCUT2D eigenvalue weighted by Crippen LogP contribution is 2.38. The zero-order chi connectivity index (χ0) is 17.3. The standard InChI is InChI=1S/C19H27N3OS/c1-19(2,3)14-4-5-15-12(9-14)8-13-10-17(24-18(13)22-15)16(23)11-21-7-6-20/h8,10,14,21H,4-7,9,11,20H2,1-3H3. The second-order valence-electron chi connectivity index (χ2n) is 7.79. The third kappa shape index (κ3) is 3.68. The first-order chi connectivity index (χ1) is 11.4. The second kappa shape index (κ2) is 6.90. The van der Waals surface area contributed by atoms with Crippen molar-refractivity contribution in [1.82, 2.24) is 10.3 Å². The van der Waals surface area contributed by atoms with Crippen molar-refractivity contribution in [3.63, 3.8) is 0 Å². The van der Waals surface area contributed by atoms with Gasteiger partial charge in [0, 0.05) is 24.2 Å². The van der Waals surface area contributed by atoms with Gasteiger partial charge in [0.1, 0.15) is 4.83 Å². The van der Waals surface area contributed by atoms with Crippen molar-refractivity contribution >= 4 is 27.3 Å². The monoisotopic (exact) mass is 345 g/mol. The van der Waals surface area contributed by atoms with Crippen molar-refractivity contribution in [3.8, 4) is 0 Å². The summed E-state index contributed by atoms with van der Waals surface area (Å²) in [6.45, 7) is 8.52. The molecule has 0 aliphatic heterocycles. The number of carbonyl (C=O) groups is 1. The lowest BCUT2D eigenvalue weighted by Crippen LogP contribution is -2.27. The molecule has 0 saturated heterocycles. The van der Waals surface area contributed by atoms with E-state index in [9.17, 15) is 4.79 Å². The smallest absolute Gasteiger partial charge is 0.186 e. The third-order valence-electron chi connectivity index (χ3n) is 4.98. The van der Waals surface area contributed by atoms with Gasteiger partial charge >= 0.3 is 0 Å². The molecule has 3 N–H and O–H groups in total. The van der Waals surface area contributed by atoms with E-state index in [1.165, 1.54) is 29.0 Å². The first kappa shape index (κ1) is 17.5. The third-order valence-corrected chi connectivity index (χ3v) is 6.07. The van der Waals surface area contributed by atoms with E-state index in [0.29, 0.717) is 31.0 Å². The van der Waals surface area contributed by atoms with Gasteiger partial charge in [0.05, 0.1) is 11.4 Å². The number of hydrogen-bond acceptors (Lipinski definition) is 5. The van der Waals surface area contributed by atoms with Gasteiger partial charge in [-0.2, -0.15) is 0 Å². The Labute approximate surface area is 147 Å². The van der Waals surface area contributed by atoms with E-state index >= 15 is 0 Å². The molecule has 0 radical (unpaired) electrons. The molecule has 24 heavy (non-hydrogen) atoms. The van der Waals surface area contributed by atoms with Gasteiger partial charge in [0.15, 0.2) is 5.78 Å². The van der Waals surface area contributed by atoms with Crippen LogP contribution >= 0.6 is 11.3 Å². The molecule has 0 amide bonds. The predicted octanol–water partition coefficient (Wildman–Crippen LogP) is 3.18. The number of rotatable bonds is 5. The number of nitrogens with zero attached hydrogens (tertiary/aromatic N) is 1. The van der Waals surface area contributed by atoms with E-state index in [4.69, 9.17) is 10.7 Å². The molecule has 3 rings (SSSR count). The molecular weight excluding hydrogens is 318 g/mol. The number of nitrogens with one attached hydrogen (secondary N) is 1. The van der Waals surface area contributed by atoms with Gasteiger partial charge in [0.2, 0.25) is 0 Å². The van der Waals surface area contributed by atoms with E-state index in [1.807, 2.05) is 6.07 Å². The van der Waals surface area contributed by atoms with Crippen LogP contribution in [-0.2, 0) is 12.8 Å². The van der Waals surface area contributed by atoms with Crippen LogP contribution in [0.15, 0.2) is 12.1 Å². The Morgan fingerprint density at radius 1 is 1.42 bits per heavy atom. The van der Waals surface area contributed by atoms with Gasteiger partial charge in [-0.3, -0.25) is 4.79 Å². The minimum atomic E-state index is 0.122. The van der Waals surface area contributed by atoms with Crippen molar-refractivity contribution in [2.75, 3.05) is 19.6 Å². The summed E-state index contributed by atoms with van der Waals surface area (Å²) >= 11 is 1.51. The van der Waals surface area contributed by atoms with Gasteiger partial charge in [-0.1, -0.05) is 20.8 Å². The minimum absolute atomic E-state index is 0.122. The number of aromatic nitrogens is 1. The minimum Gasteiger partial charge on any atom is -0.329 e. The molecule has 0 bridgehead atoms. The number of pyridine rings is 1. The fourth-order valence-corrected chi connectivity index (χ4v) is 4.36. The van der Waals surface area contributed by atoms with Crippen LogP contribution in [-0.4, -0.2) is 30.4 Å². The summed E-state index contributed by atoms with van der Waals surface area (Å²) in [7, 11) is 0. The highest BCUT2D eigenvalue weighted by atomic mass is 32.1. The van der Waals surface area contributed by atoms with E-state index < -0.39 is 0 Å². The summed E-state index contributed by atoms with van der Waals surface area (Å²) in [5, 5.41) is 4.17. The number of Topliss-reactive ketones (excluding diaryl/α,β-unsaturated/α-hetero) is 1. The van der Waals surface area contributed by atoms with Crippen LogP contribution in [0.3, 0.4) is 0 Å². The number of carbonyl (C=O) groups excluding carboxylic acids is 1. The Kier molecular flexibility index (Phi) is 5.04. The number of ketones is 1. The molecule has 0 saturated carbocycles. The second-order valence-corrected chi connectivity index (χ2v) is 8.82. The fourth-order valence-electron chi connectivity index (χ4n) is 3.39. The summed E-state index contributed by atoms with van der Waals surface area (Å²) in [6.07, 6.45) is 3.35. The van der Waals surface area contributed by atoms with Crippen LogP contribution < -0.4 is 11.1 Å². The summed E-state index contributed by atoms with van der Waals surface area (Å²) in [6, 6.07) is 4.26. The van der Waals surface area contributed by atoms with Crippen molar-refractivity contribution in [1.29, 1.82) is 0 Å². The normalized spacial score (nSPS) is 17.9. The van der Waals surface area contributed by atoms with Crippen LogP contribution in [0.2, 0.25) is 0 Å². The Bertz CT molecular complexity index is 745. The zero-order valence-corrected chi connectivity index (χ0v) is 15.6. The largest absolute Gasteiger partial charge is 0.329 e. The zero-order valence-electron chi connectivity index (χ0n) is 14.8. The number of nitrogens with two attached hydrogens (primary N) is 1. The van der Waals surface area contributed by atoms with Crippen LogP contribution in [0.1, 0.15) is 48.1 Å². The van der Waals surface area contributed by atoms with Gasteiger partial charge in [-0.15, -0.1) is 11.3 Å². The number of hydrogen-bond donors (Lipinski definition) is 2. The molecule has 1 aliphatic rings. The molecular formula is C19H27N3OS. The maximum absolute atomic E-state index is 12.3. The highest BCUT2D eigenvalue weighted by Gasteiger charge is 2.29. The van der Waals surface area contributed by atoms with E-state index in [0.717, 1.165) is 27.9 Å². The van der Waals surface area contributed by atoms with Crippen molar-refractivity contribution < 1.29 is 4.79 Å². The Balaban J connectivity index is 1.83. The summed E-state index contributed by atoms with van der Waals surface area (Å²) < 4.78 is 0. The Morgan fingerprint density at radius 3 is 2.92 bits per heavy atom. The van der Waals surface area contributed by atoms with Crippen molar-refractivity contribution in [2.45, 2.75) is 40.0 Å². The number of aryl methyl sites for hydroxylation is 1. The average molecular weight is 346 g/mol. The first-order valence-electron chi connectivity index (χ1n) is 8.75. The average Bonchev–Trinajstić information content (AvgIpc) is 2.94. The quantitative estimate of drug-likeness (QED) is 0.645. The van der Waals surface area contributed by atoms with Crippen LogP contribution in [0.25, 0.3) is 10.2 Å². The van der Waals surface area contributed by atoms with Crippen molar-refractivity contribution in [2.24, 2.45) is 17.1 Å². The maximum Gasteiger partial charge on any atom is 0.186 e. The summed E-state index contributed by atoms with van der Waals surface area (Å²) in [4.78, 5) is 18.9. The van der Waals surface area contributed by atoms with E-state index in [-0.39, 0.29) is 5.78 Å². The van der Waals surface area contributed by atoms with Gasteiger partial charge < -0.3 is 11.1 Å². The van der Waals surface area contributed by atoms with Gasteiger partial charge in [-0.25, -0.2) is 4.98 Å². The lowest BCUT2D eigenvalue weighted by molar-refractivity contribution is 0.0995. The molecule has 1 unspecified atom stereocenters. The lowest BCUT2D eigenvalue weighted by Gasteiger charge is -2.34. The van der Waals surface area contributed by atoms with E-state index in [2.05, 4.69) is 32.2 Å². The van der Waals surface area contributed by atoms with Crippen molar-refractivity contribution in [3.05, 3.63) is 28.3 Å². The molecule has 130 valence electrons. The van der Waals surface area contributed by atoms with E-state index in [1.54, 1.807) is 0 Å². The molecule has 2 aromatic rings. The Hall–Kier alpha value is -1.30. The molecule has 0 fully saturated rings. The number of thiophene rings is 1. The summed E-state index contributed by atoms with van der Waals surface area (Å²) in [5.41, 5.74) is 8.37. The maximum atomic E-state index is 12.3. The van der Waals surface area contributed by atoms with Crippen LogP contribution in [0.5, 0.6) is 0 Å². The van der Waals surface area contributed by atoms with Crippen LogP contribution in [0.4, 0.5) is 0 Å². The molecule has 4 nitrogen and oxygen atoms in total. The summed E-state index contributed by atoms with van der Waals surface area (Å²) in [5.74, 6) is 0.821. The molecule has 0 spiro atoms. The molecule has 1 aliphatic carbocycles. The molecule has 5 heteroatoms. The van der Waals surface area contributed by atoms with Gasteiger partial charge in [0.25, 0.3) is 0 Å². The highest BCUT2D eigenvalue weighted by molar-refractivity contribution is 7.20. The molecule has 2 aromatic heterocycles. The topological polar surface area (TPSA) is 68.0 Å². The van der Waals surface area contributed by atoms with Gasteiger partial charge in [-0.05, 0) is 48.3 Å². The lowest BCUT2D eigenvalue weighted by atomic mass is 9.71. The van der Waals surface area contributed by atoms with Crippen LogP contribution in [0, 0.1) is 11.3 Å². The first-order valence-corrected chi connectivity index (χ1v) is 9.56. The Morgan fingerprint density at radius 2 is 2.21 bits per heavy atom. The molecule has 1 atom stereocenters. The predicted molar refractivity (Wildman–Crippen MR) is 101 cm³/mol. The number of fused-ring (bicyclic) bond motifs is 2. The molecule has 0 aromatic carbocycles.